The van der Waals surface area contributed by atoms with Crippen LogP contribution in [0.1, 0.15) is 49.6 Å². The van der Waals surface area contributed by atoms with Gasteiger partial charge in [-0.05, 0) is 44.4 Å². The lowest BCUT2D eigenvalue weighted by Gasteiger charge is -2.09. The predicted octanol–water partition coefficient (Wildman–Crippen LogP) is 3.31. The van der Waals surface area contributed by atoms with Crippen LogP contribution in [-0.2, 0) is 17.8 Å². The highest BCUT2D eigenvalue weighted by Crippen LogP contribution is 2.26. The van der Waals surface area contributed by atoms with Gasteiger partial charge in [0.1, 0.15) is 11.5 Å². The van der Waals surface area contributed by atoms with Crippen LogP contribution in [0.4, 0.5) is 0 Å². The molecule has 1 amide bonds. The first kappa shape index (κ1) is 16.6. The Balaban J connectivity index is 1.71. The fourth-order valence-corrected chi connectivity index (χ4v) is 3.31. The zero-order chi connectivity index (χ0) is 17.1. The van der Waals surface area contributed by atoms with E-state index in [9.17, 15) is 9.59 Å². The number of hydrogen-bond donors (Lipinski definition) is 2. The Morgan fingerprint density at radius 1 is 1.33 bits per heavy atom. The van der Waals surface area contributed by atoms with Gasteiger partial charge < -0.3 is 14.7 Å². The summed E-state index contributed by atoms with van der Waals surface area (Å²) in [6, 6.07) is 5.64. The number of furan rings is 1. The quantitative estimate of drug-likeness (QED) is 0.884. The van der Waals surface area contributed by atoms with E-state index in [1.807, 2.05) is 32.0 Å². The van der Waals surface area contributed by atoms with E-state index in [1.165, 1.54) is 0 Å². The first-order valence-electron chi connectivity index (χ1n) is 8.68. The van der Waals surface area contributed by atoms with Crippen molar-refractivity contribution in [3.05, 3.63) is 45.6 Å². The number of carbonyl (C=O) groups excluding carboxylic acids is 1. The third-order valence-corrected chi connectivity index (χ3v) is 4.79. The van der Waals surface area contributed by atoms with Gasteiger partial charge in [0.05, 0.1) is 6.54 Å². The molecule has 0 aliphatic heterocycles. The minimum Gasteiger partial charge on any atom is -0.459 e. The summed E-state index contributed by atoms with van der Waals surface area (Å²) in [5.74, 6) is 1.72. The maximum atomic E-state index is 12.1. The van der Waals surface area contributed by atoms with E-state index in [-0.39, 0.29) is 17.4 Å². The minimum atomic E-state index is -0.0469. The van der Waals surface area contributed by atoms with E-state index in [1.54, 1.807) is 0 Å². The summed E-state index contributed by atoms with van der Waals surface area (Å²) in [6.07, 6.45) is 4.95. The van der Waals surface area contributed by atoms with Crippen LogP contribution in [0.25, 0.3) is 11.3 Å². The van der Waals surface area contributed by atoms with Gasteiger partial charge in [0.15, 0.2) is 0 Å². The fourth-order valence-electron chi connectivity index (χ4n) is 3.31. The van der Waals surface area contributed by atoms with Crippen molar-refractivity contribution in [3.63, 3.8) is 0 Å². The molecule has 5 nitrogen and oxygen atoms in total. The molecule has 0 spiro atoms. The lowest BCUT2D eigenvalue weighted by atomic mass is 10.1. The summed E-state index contributed by atoms with van der Waals surface area (Å²) in [6.45, 7) is 4.22. The highest BCUT2D eigenvalue weighted by Gasteiger charge is 2.22. The van der Waals surface area contributed by atoms with Gasteiger partial charge in [-0.15, -0.1) is 0 Å². The van der Waals surface area contributed by atoms with Crippen LogP contribution in [0.3, 0.4) is 0 Å². The number of nitrogens with one attached hydrogen (secondary N) is 2. The molecule has 0 bridgehead atoms. The van der Waals surface area contributed by atoms with Crippen LogP contribution in [0.15, 0.2) is 27.4 Å². The van der Waals surface area contributed by atoms with Crippen molar-refractivity contribution in [1.82, 2.24) is 10.3 Å². The molecule has 2 aromatic rings. The van der Waals surface area contributed by atoms with E-state index < -0.39 is 0 Å². The lowest BCUT2D eigenvalue weighted by Crippen LogP contribution is -2.28. The largest absolute Gasteiger partial charge is 0.459 e. The van der Waals surface area contributed by atoms with Gasteiger partial charge >= 0.3 is 0 Å². The fraction of sp³-hybridized carbons (Fsp3) is 0.474. The Morgan fingerprint density at radius 3 is 2.79 bits per heavy atom. The Bertz CT molecular complexity index is 782. The molecule has 128 valence electrons. The molecule has 1 saturated carbocycles. The number of aromatic amines is 1. The number of aromatic nitrogens is 1. The summed E-state index contributed by atoms with van der Waals surface area (Å²) in [4.78, 5) is 26.8. The van der Waals surface area contributed by atoms with Crippen LogP contribution >= 0.6 is 0 Å². The molecule has 0 radical (unpaired) electrons. The van der Waals surface area contributed by atoms with Gasteiger partial charge in [0.2, 0.25) is 5.91 Å². The van der Waals surface area contributed by atoms with Crippen molar-refractivity contribution in [2.75, 3.05) is 0 Å². The monoisotopic (exact) mass is 328 g/mol. The van der Waals surface area contributed by atoms with E-state index in [0.717, 1.165) is 48.3 Å². The van der Waals surface area contributed by atoms with Crippen molar-refractivity contribution < 1.29 is 9.21 Å². The molecule has 5 heteroatoms. The molecule has 1 aliphatic carbocycles. The molecule has 0 atom stereocenters. The number of hydrogen-bond acceptors (Lipinski definition) is 3. The third-order valence-electron chi connectivity index (χ3n) is 4.79. The number of rotatable bonds is 5. The van der Waals surface area contributed by atoms with Crippen LogP contribution in [0.2, 0.25) is 0 Å². The highest BCUT2D eigenvalue weighted by atomic mass is 16.3. The molecule has 24 heavy (non-hydrogen) atoms. The second kappa shape index (κ2) is 7.07. The zero-order valence-electron chi connectivity index (χ0n) is 14.3. The van der Waals surface area contributed by atoms with Crippen LogP contribution in [-0.4, -0.2) is 10.9 Å². The number of carbonyl (C=O) groups is 1. The van der Waals surface area contributed by atoms with Crippen LogP contribution in [0.5, 0.6) is 0 Å². The van der Waals surface area contributed by atoms with Crippen LogP contribution in [0, 0.1) is 12.8 Å². The number of amides is 1. The molecule has 0 aromatic carbocycles. The molecule has 1 fully saturated rings. The van der Waals surface area contributed by atoms with E-state index >= 15 is 0 Å². The first-order chi connectivity index (χ1) is 11.6. The first-order valence-corrected chi connectivity index (χ1v) is 8.68. The number of aryl methyl sites for hydroxylation is 2. The second-order valence-electron chi connectivity index (χ2n) is 6.48. The van der Waals surface area contributed by atoms with Crippen molar-refractivity contribution in [1.29, 1.82) is 0 Å². The van der Waals surface area contributed by atoms with Crippen LogP contribution < -0.4 is 10.9 Å². The molecule has 2 heterocycles. The molecule has 2 N–H and O–H groups in total. The van der Waals surface area contributed by atoms with Gasteiger partial charge in [-0.1, -0.05) is 19.8 Å². The van der Waals surface area contributed by atoms with Gasteiger partial charge in [-0.25, -0.2) is 0 Å². The molecule has 3 rings (SSSR count). The molecule has 0 saturated heterocycles. The normalized spacial score (nSPS) is 14.9. The lowest BCUT2D eigenvalue weighted by molar-refractivity contribution is -0.125. The molecule has 0 unspecified atom stereocenters. The van der Waals surface area contributed by atoms with Gasteiger partial charge in [0.25, 0.3) is 5.56 Å². The maximum Gasteiger partial charge on any atom is 0.251 e. The van der Waals surface area contributed by atoms with Crippen molar-refractivity contribution >= 4 is 5.91 Å². The topological polar surface area (TPSA) is 75.1 Å². The number of H-pyrrole nitrogens is 1. The Morgan fingerprint density at radius 2 is 2.08 bits per heavy atom. The SMILES string of the molecule is CCc1cc(-c2ccc(CNC(=O)C3CCCC3)o2)c(C)[nH]c1=O. The standard InChI is InChI=1S/C19H24N2O3/c1-3-13-10-16(12(2)21-19(13)23)17-9-8-15(24-17)11-20-18(22)14-6-4-5-7-14/h8-10,14H,3-7,11H2,1-2H3,(H,20,22)(H,21,23). The second-order valence-corrected chi connectivity index (χ2v) is 6.48. The Labute approximate surface area is 141 Å². The summed E-state index contributed by atoms with van der Waals surface area (Å²) in [5.41, 5.74) is 2.37. The Kier molecular flexibility index (Phi) is 4.88. The van der Waals surface area contributed by atoms with E-state index in [2.05, 4.69) is 10.3 Å². The van der Waals surface area contributed by atoms with Crippen molar-refractivity contribution in [3.8, 4) is 11.3 Å². The molecular formula is C19H24N2O3. The summed E-state index contributed by atoms with van der Waals surface area (Å²) < 4.78 is 5.87. The van der Waals surface area contributed by atoms with E-state index in [4.69, 9.17) is 4.42 Å². The molecule has 1 aliphatic rings. The Hall–Kier alpha value is -2.30. The predicted molar refractivity (Wildman–Crippen MR) is 92.7 cm³/mol. The van der Waals surface area contributed by atoms with Gasteiger partial charge in [0, 0.05) is 22.7 Å². The average molecular weight is 328 g/mol. The summed E-state index contributed by atoms with van der Waals surface area (Å²) in [5, 5.41) is 2.96. The smallest absolute Gasteiger partial charge is 0.251 e. The number of pyridine rings is 1. The highest BCUT2D eigenvalue weighted by molar-refractivity contribution is 5.78. The summed E-state index contributed by atoms with van der Waals surface area (Å²) >= 11 is 0. The summed E-state index contributed by atoms with van der Waals surface area (Å²) in [7, 11) is 0. The zero-order valence-corrected chi connectivity index (χ0v) is 14.3. The third kappa shape index (κ3) is 3.45. The molecular weight excluding hydrogens is 304 g/mol. The van der Waals surface area contributed by atoms with Gasteiger partial charge in [-0.3, -0.25) is 9.59 Å². The van der Waals surface area contributed by atoms with Crippen molar-refractivity contribution in [2.24, 2.45) is 5.92 Å². The van der Waals surface area contributed by atoms with Gasteiger partial charge in [-0.2, -0.15) is 0 Å². The van der Waals surface area contributed by atoms with E-state index in [0.29, 0.717) is 18.7 Å². The molecule has 2 aromatic heterocycles. The average Bonchev–Trinajstić information content (AvgIpc) is 3.24. The minimum absolute atomic E-state index is 0.0469. The van der Waals surface area contributed by atoms with Crippen molar-refractivity contribution in [2.45, 2.75) is 52.5 Å². The maximum absolute atomic E-state index is 12.1.